The van der Waals surface area contributed by atoms with Crippen LogP contribution in [0.1, 0.15) is 0 Å². The van der Waals surface area contributed by atoms with E-state index in [2.05, 4.69) is 0 Å². The van der Waals surface area contributed by atoms with Crippen molar-refractivity contribution in [3.8, 4) is 0 Å². The fourth-order valence-electron chi connectivity index (χ4n) is 0.496. The predicted octanol–water partition coefficient (Wildman–Crippen LogP) is 0.694. The number of nitrogen functional groups attached to an aromatic ring is 2. The van der Waals surface area contributed by atoms with E-state index in [9.17, 15) is 0 Å². The Morgan fingerprint density at radius 3 is 1.31 bits per heavy atom. The summed E-state index contributed by atoms with van der Waals surface area (Å²) in [6.45, 7) is 0. The first-order valence-corrected chi connectivity index (χ1v) is 3.99. The summed E-state index contributed by atoms with van der Waals surface area (Å²) in [6.07, 6.45) is 0. The highest BCUT2D eigenvalue weighted by atomic mass is 32.2. The van der Waals surface area contributed by atoms with Gasteiger partial charge < -0.3 is 17.6 Å². The number of benzene rings is 1. The summed E-state index contributed by atoms with van der Waals surface area (Å²) >= 11 is -2.61. The average Bonchev–Trinajstić information content (AvgIpc) is 1.94. The van der Waals surface area contributed by atoms with E-state index in [-0.39, 0.29) is 6.15 Å². The third kappa shape index (κ3) is 10.8. The Morgan fingerprint density at radius 2 is 1.15 bits per heavy atom. The van der Waals surface area contributed by atoms with Gasteiger partial charge in [-0.3, -0.25) is 9.11 Å². The van der Waals surface area contributed by atoms with Crippen LogP contribution in [0.15, 0.2) is 24.3 Å². The second-order valence-corrected chi connectivity index (χ2v) is 2.36. The molecule has 0 unspecified atom stereocenters. The Labute approximate surface area is 78.6 Å². The molecule has 0 bridgehead atoms. The molecule has 0 aromatic heterocycles. The van der Waals surface area contributed by atoms with E-state index in [0.717, 1.165) is 11.4 Å². The minimum absolute atomic E-state index is 0. The molecule has 1 rings (SSSR count). The second kappa shape index (κ2) is 7.50. The van der Waals surface area contributed by atoms with Gasteiger partial charge in [-0.2, -0.15) is 4.21 Å². The zero-order chi connectivity index (χ0) is 9.56. The van der Waals surface area contributed by atoms with Crippen LogP contribution in [0.3, 0.4) is 0 Å². The Kier molecular flexibility index (Phi) is 8.29. The van der Waals surface area contributed by atoms with Gasteiger partial charge in [0.1, 0.15) is 0 Å². The molecule has 7 heteroatoms. The summed E-state index contributed by atoms with van der Waals surface area (Å²) in [5.41, 5.74) is 12.2. The van der Waals surface area contributed by atoms with Crippen molar-refractivity contribution in [2.75, 3.05) is 11.5 Å². The highest BCUT2D eigenvalue weighted by Crippen LogP contribution is 2.04. The molecule has 76 valence electrons. The molecule has 9 N–H and O–H groups in total. The molecule has 0 atom stereocenters. The van der Waals surface area contributed by atoms with Crippen molar-refractivity contribution in [1.29, 1.82) is 0 Å². The Morgan fingerprint density at radius 1 is 1.00 bits per heavy atom. The van der Waals surface area contributed by atoms with Crippen LogP contribution in [0.2, 0.25) is 0 Å². The molecular weight excluding hydrogens is 194 g/mol. The van der Waals surface area contributed by atoms with Crippen LogP contribution in [-0.4, -0.2) is 13.3 Å². The van der Waals surface area contributed by atoms with Crippen LogP contribution in [0, 0.1) is 0 Å². The van der Waals surface area contributed by atoms with E-state index in [1.807, 2.05) is 0 Å². The van der Waals surface area contributed by atoms with Gasteiger partial charge in [0.2, 0.25) is 0 Å². The number of anilines is 2. The molecule has 0 spiro atoms. The van der Waals surface area contributed by atoms with Gasteiger partial charge in [-0.05, 0) is 24.3 Å². The van der Waals surface area contributed by atoms with E-state index >= 15 is 0 Å². The summed E-state index contributed by atoms with van der Waals surface area (Å²) < 4.78 is 22.8. The van der Waals surface area contributed by atoms with Crippen LogP contribution in [-0.2, 0) is 11.4 Å². The lowest BCUT2D eigenvalue weighted by Crippen LogP contribution is -1.86. The first-order chi connectivity index (χ1) is 5.52. The predicted molar refractivity (Wildman–Crippen MR) is 53.7 cm³/mol. The van der Waals surface area contributed by atoms with Crippen LogP contribution in [0.5, 0.6) is 0 Å². The zero-order valence-corrected chi connectivity index (χ0v) is 7.70. The smallest absolute Gasteiger partial charge is 0.299 e. The quantitative estimate of drug-likeness (QED) is 0.312. The first-order valence-electron chi connectivity index (χ1n) is 2.93. The maximum atomic E-state index is 8.67. The third-order valence-electron chi connectivity index (χ3n) is 0.936. The molecule has 0 heterocycles. The second-order valence-electron chi connectivity index (χ2n) is 1.90. The molecule has 13 heavy (non-hydrogen) atoms. The van der Waals surface area contributed by atoms with Gasteiger partial charge in [-0.25, -0.2) is 0 Å². The number of hydrogen-bond donors (Lipinski definition) is 5. The SMILES string of the molecule is N.Nc1ccc(N)cc1.O=S(O)O. The number of nitrogens with two attached hydrogens (primary N) is 2. The van der Waals surface area contributed by atoms with Crippen molar-refractivity contribution in [1.82, 2.24) is 6.15 Å². The third-order valence-corrected chi connectivity index (χ3v) is 0.936. The van der Waals surface area contributed by atoms with Crippen molar-refractivity contribution in [3.05, 3.63) is 24.3 Å². The number of rotatable bonds is 0. The molecule has 6 nitrogen and oxygen atoms in total. The van der Waals surface area contributed by atoms with Crippen LogP contribution in [0.25, 0.3) is 0 Å². The van der Waals surface area contributed by atoms with Crippen LogP contribution in [0.4, 0.5) is 11.4 Å². The maximum Gasteiger partial charge on any atom is 0.299 e. The van der Waals surface area contributed by atoms with E-state index in [1.165, 1.54) is 0 Å². The zero-order valence-electron chi connectivity index (χ0n) is 6.88. The Hall–Kier alpha value is -1.15. The van der Waals surface area contributed by atoms with Gasteiger partial charge in [0.15, 0.2) is 0 Å². The van der Waals surface area contributed by atoms with E-state index in [1.54, 1.807) is 24.3 Å². The fourth-order valence-corrected chi connectivity index (χ4v) is 0.496. The van der Waals surface area contributed by atoms with E-state index in [4.69, 9.17) is 24.8 Å². The summed E-state index contributed by atoms with van der Waals surface area (Å²) in [7, 11) is 0. The van der Waals surface area contributed by atoms with E-state index in [0.29, 0.717) is 0 Å². The normalized spacial score (nSPS) is 8.23. The van der Waals surface area contributed by atoms with Gasteiger partial charge in [-0.15, -0.1) is 0 Å². The monoisotopic (exact) mass is 207 g/mol. The van der Waals surface area contributed by atoms with Gasteiger partial charge in [0, 0.05) is 11.4 Å². The highest BCUT2D eigenvalue weighted by Gasteiger charge is 1.80. The standard InChI is InChI=1S/C6H8N2.H3N.H2O3S/c7-5-1-2-6(8)4-3-5;;1-4(2)3/h1-4H,7-8H2;1H3;(H2,1,2,3). The Balaban J connectivity index is 0. The lowest BCUT2D eigenvalue weighted by Gasteiger charge is -1.90. The molecule has 0 aliphatic rings. The summed E-state index contributed by atoms with van der Waals surface area (Å²) in [4.78, 5) is 0. The van der Waals surface area contributed by atoms with Crippen LogP contribution < -0.4 is 17.6 Å². The lowest BCUT2D eigenvalue weighted by atomic mass is 10.3. The van der Waals surface area contributed by atoms with Crippen LogP contribution >= 0.6 is 0 Å². The molecular formula is C6H13N3O3S. The largest absolute Gasteiger partial charge is 0.399 e. The lowest BCUT2D eigenvalue weighted by molar-refractivity contribution is 0.454. The first kappa shape index (κ1) is 14.4. The van der Waals surface area contributed by atoms with Crippen molar-refractivity contribution in [2.45, 2.75) is 0 Å². The van der Waals surface area contributed by atoms with Gasteiger partial charge in [0.25, 0.3) is 11.4 Å². The van der Waals surface area contributed by atoms with Gasteiger partial charge >= 0.3 is 0 Å². The minimum Gasteiger partial charge on any atom is -0.399 e. The fraction of sp³-hybridized carbons (Fsp3) is 0. The topological polar surface area (TPSA) is 145 Å². The highest BCUT2D eigenvalue weighted by molar-refractivity contribution is 7.73. The summed E-state index contributed by atoms with van der Waals surface area (Å²) in [5.74, 6) is 0. The molecule has 0 fully saturated rings. The average molecular weight is 207 g/mol. The van der Waals surface area contributed by atoms with Gasteiger partial charge in [0.05, 0.1) is 0 Å². The van der Waals surface area contributed by atoms with Crippen molar-refractivity contribution < 1.29 is 13.3 Å². The maximum absolute atomic E-state index is 8.67. The molecule has 0 amide bonds. The number of hydrogen-bond acceptors (Lipinski definition) is 4. The molecule has 0 aliphatic carbocycles. The molecule has 0 saturated carbocycles. The van der Waals surface area contributed by atoms with Crippen molar-refractivity contribution in [2.24, 2.45) is 0 Å². The molecule has 0 saturated heterocycles. The summed E-state index contributed by atoms with van der Waals surface area (Å²) in [5, 5.41) is 0. The van der Waals surface area contributed by atoms with Crippen molar-refractivity contribution >= 4 is 22.7 Å². The summed E-state index contributed by atoms with van der Waals surface area (Å²) in [6, 6.07) is 7.09. The van der Waals surface area contributed by atoms with Crippen molar-refractivity contribution in [3.63, 3.8) is 0 Å². The molecule has 0 radical (unpaired) electrons. The molecule has 1 aromatic carbocycles. The molecule has 1 aromatic rings. The van der Waals surface area contributed by atoms with Gasteiger partial charge in [-0.1, -0.05) is 0 Å². The molecule has 0 aliphatic heterocycles. The Bertz CT molecular complexity index is 227. The van der Waals surface area contributed by atoms with E-state index < -0.39 is 11.4 Å². The minimum atomic E-state index is -2.61.